The molecule has 2 aromatic rings. The summed E-state index contributed by atoms with van der Waals surface area (Å²) in [6, 6.07) is 12.7. The first-order valence-electron chi connectivity index (χ1n) is 6.44. The SMILES string of the molecule is CN(C)c1ccc(NC(=O)CSc2cccc[n+]2[O-])cc1. The number of nitrogens with zero attached hydrogens (tertiary/aromatic N) is 2. The third kappa shape index (κ3) is 4.39. The molecular formula is C15H17N3O2S. The summed E-state index contributed by atoms with van der Waals surface area (Å²) in [6.45, 7) is 0. The van der Waals surface area contributed by atoms with Gasteiger partial charge in [0.1, 0.15) is 0 Å². The number of hydrogen-bond acceptors (Lipinski definition) is 4. The first-order valence-corrected chi connectivity index (χ1v) is 7.43. The first-order chi connectivity index (χ1) is 10.1. The molecule has 0 aliphatic rings. The van der Waals surface area contributed by atoms with Crippen molar-refractivity contribution in [2.45, 2.75) is 5.03 Å². The van der Waals surface area contributed by atoms with Crippen LogP contribution in [0.1, 0.15) is 0 Å². The van der Waals surface area contributed by atoms with Crippen LogP contribution in [0.2, 0.25) is 0 Å². The Balaban J connectivity index is 1.88. The second kappa shape index (κ2) is 6.99. The topological polar surface area (TPSA) is 59.3 Å². The molecule has 0 bridgehead atoms. The number of hydrogen-bond donors (Lipinski definition) is 1. The summed E-state index contributed by atoms with van der Waals surface area (Å²) in [4.78, 5) is 13.9. The lowest BCUT2D eigenvalue weighted by Gasteiger charge is -2.13. The Morgan fingerprint density at radius 1 is 1.24 bits per heavy atom. The molecule has 1 aromatic heterocycles. The molecule has 0 saturated heterocycles. The Morgan fingerprint density at radius 2 is 1.95 bits per heavy atom. The average Bonchev–Trinajstić information content (AvgIpc) is 2.47. The van der Waals surface area contributed by atoms with Crippen molar-refractivity contribution in [2.75, 3.05) is 30.1 Å². The van der Waals surface area contributed by atoms with Crippen molar-refractivity contribution < 1.29 is 9.52 Å². The third-order valence-electron chi connectivity index (χ3n) is 2.81. The molecule has 21 heavy (non-hydrogen) atoms. The van der Waals surface area contributed by atoms with Gasteiger partial charge in [0.15, 0.2) is 6.20 Å². The number of anilines is 2. The minimum absolute atomic E-state index is 0.138. The van der Waals surface area contributed by atoms with Crippen molar-refractivity contribution >= 4 is 29.0 Å². The zero-order chi connectivity index (χ0) is 15.2. The predicted octanol–water partition coefficient (Wildman–Crippen LogP) is 2.12. The molecule has 0 unspecified atom stereocenters. The smallest absolute Gasteiger partial charge is 0.251 e. The molecule has 0 fully saturated rings. The van der Waals surface area contributed by atoms with Crippen LogP contribution in [0.3, 0.4) is 0 Å². The fourth-order valence-electron chi connectivity index (χ4n) is 1.70. The number of carbonyl (C=O) groups is 1. The zero-order valence-corrected chi connectivity index (χ0v) is 12.8. The Hall–Kier alpha value is -2.21. The Labute approximate surface area is 128 Å². The van der Waals surface area contributed by atoms with E-state index in [1.807, 2.05) is 43.3 Å². The lowest BCUT2D eigenvalue weighted by molar-refractivity contribution is -0.645. The van der Waals surface area contributed by atoms with Crippen molar-refractivity contribution in [1.82, 2.24) is 0 Å². The monoisotopic (exact) mass is 303 g/mol. The summed E-state index contributed by atoms with van der Waals surface area (Å²) >= 11 is 1.21. The lowest BCUT2D eigenvalue weighted by atomic mass is 10.2. The zero-order valence-electron chi connectivity index (χ0n) is 11.9. The van der Waals surface area contributed by atoms with Gasteiger partial charge in [-0.2, -0.15) is 4.73 Å². The fraction of sp³-hybridized carbons (Fsp3) is 0.200. The van der Waals surface area contributed by atoms with Gasteiger partial charge in [-0.3, -0.25) is 4.79 Å². The summed E-state index contributed by atoms with van der Waals surface area (Å²) < 4.78 is 0.754. The van der Waals surface area contributed by atoms with Crippen molar-refractivity contribution in [3.05, 3.63) is 53.9 Å². The van der Waals surface area contributed by atoms with Crippen LogP contribution < -0.4 is 14.9 Å². The molecule has 0 aliphatic carbocycles. The molecule has 0 atom stereocenters. The highest BCUT2D eigenvalue weighted by Gasteiger charge is 2.09. The largest absolute Gasteiger partial charge is 0.618 e. The van der Waals surface area contributed by atoms with Crippen molar-refractivity contribution in [3.63, 3.8) is 0 Å². The van der Waals surface area contributed by atoms with E-state index in [4.69, 9.17) is 0 Å². The predicted molar refractivity (Wildman–Crippen MR) is 85.5 cm³/mol. The number of amides is 1. The second-order valence-corrected chi connectivity index (χ2v) is 5.64. The average molecular weight is 303 g/mol. The summed E-state index contributed by atoms with van der Waals surface area (Å²) in [5.74, 6) is 0.0586. The van der Waals surface area contributed by atoms with Gasteiger partial charge < -0.3 is 15.4 Å². The molecule has 110 valence electrons. The molecule has 1 heterocycles. The van der Waals surface area contributed by atoms with Crippen LogP contribution in [0.5, 0.6) is 0 Å². The van der Waals surface area contributed by atoms with E-state index in [0.29, 0.717) is 5.03 Å². The van der Waals surface area contributed by atoms with Gasteiger partial charge in [-0.15, -0.1) is 0 Å². The molecule has 0 radical (unpaired) electrons. The first kappa shape index (κ1) is 15.2. The van der Waals surface area contributed by atoms with Crippen molar-refractivity contribution in [3.8, 4) is 0 Å². The van der Waals surface area contributed by atoms with E-state index in [1.165, 1.54) is 18.0 Å². The van der Waals surface area contributed by atoms with Gasteiger partial charge in [-0.25, -0.2) is 0 Å². The van der Waals surface area contributed by atoms with E-state index >= 15 is 0 Å². The van der Waals surface area contributed by atoms with E-state index in [2.05, 4.69) is 5.32 Å². The fourth-order valence-corrected chi connectivity index (χ4v) is 2.42. The summed E-state index contributed by atoms with van der Waals surface area (Å²) in [5.41, 5.74) is 1.81. The highest BCUT2D eigenvalue weighted by Crippen LogP contribution is 2.17. The molecule has 1 amide bonds. The second-order valence-electron chi connectivity index (χ2n) is 4.64. The maximum atomic E-state index is 11.9. The molecular weight excluding hydrogens is 286 g/mol. The van der Waals surface area contributed by atoms with Crippen LogP contribution in [0, 0.1) is 5.21 Å². The van der Waals surface area contributed by atoms with Gasteiger partial charge in [0.25, 0.3) is 5.03 Å². The van der Waals surface area contributed by atoms with Gasteiger partial charge in [-0.05, 0) is 42.1 Å². The van der Waals surface area contributed by atoms with Crippen LogP contribution in [-0.4, -0.2) is 25.8 Å². The standard InChI is InChI=1S/C15H17N3O2S/c1-17(2)13-8-6-12(7-9-13)16-14(19)11-21-15-5-3-4-10-18(15)20/h3-10H,11H2,1-2H3,(H,16,19). The molecule has 1 N–H and O–H groups in total. The molecule has 0 spiro atoms. The van der Waals surface area contributed by atoms with Crippen molar-refractivity contribution in [2.24, 2.45) is 0 Å². The molecule has 2 rings (SSSR count). The molecule has 5 nitrogen and oxygen atoms in total. The number of rotatable bonds is 5. The Morgan fingerprint density at radius 3 is 2.57 bits per heavy atom. The van der Waals surface area contributed by atoms with Crippen LogP contribution in [0.15, 0.2) is 53.7 Å². The Bertz CT molecular complexity index is 615. The maximum Gasteiger partial charge on any atom is 0.251 e. The number of nitrogens with one attached hydrogen (secondary N) is 1. The normalized spacial score (nSPS) is 10.2. The third-order valence-corrected chi connectivity index (χ3v) is 3.83. The summed E-state index contributed by atoms with van der Waals surface area (Å²) in [6.07, 6.45) is 1.42. The highest BCUT2D eigenvalue weighted by molar-refractivity contribution is 7.99. The number of benzene rings is 1. The summed E-state index contributed by atoms with van der Waals surface area (Å²) in [5, 5.41) is 14.8. The van der Waals surface area contributed by atoms with Crippen LogP contribution in [0.4, 0.5) is 11.4 Å². The van der Waals surface area contributed by atoms with Gasteiger partial charge in [0.05, 0.1) is 5.75 Å². The number of thioether (sulfide) groups is 1. The van der Waals surface area contributed by atoms with Gasteiger partial charge >= 0.3 is 0 Å². The van der Waals surface area contributed by atoms with E-state index in [0.717, 1.165) is 16.1 Å². The van der Waals surface area contributed by atoms with Crippen molar-refractivity contribution in [1.29, 1.82) is 0 Å². The lowest BCUT2D eigenvalue weighted by Crippen LogP contribution is -2.28. The highest BCUT2D eigenvalue weighted by atomic mass is 32.2. The number of aromatic nitrogens is 1. The van der Waals surface area contributed by atoms with Gasteiger partial charge in [-0.1, -0.05) is 0 Å². The van der Waals surface area contributed by atoms with Crippen LogP contribution >= 0.6 is 11.8 Å². The maximum absolute atomic E-state index is 11.9. The van der Waals surface area contributed by atoms with Crippen LogP contribution in [0.25, 0.3) is 0 Å². The minimum Gasteiger partial charge on any atom is -0.618 e. The Kier molecular flexibility index (Phi) is 5.05. The van der Waals surface area contributed by atoms with Crippen LogP contribution in [-0.2, 0) is 4.79 Å². The molecule has 1 aromatic carbocycles. The van der Waals surface area contributed by atoms with E-state index in [-0.39, 0.29) is 11.7 Å². The van der Waals surface area contributed by atoms with Gasteiger partial charge in [0, 0.05) is 37.6 Å². The number of carbonyl (C=O) groups excluding carboxylic acids is 1. The molecule has 0 saturated carbocycles. The molecule has 0 aliphatic heterocycles. The van der Waals surface area contributed by atoms with E-state index < -0.39 is 0 Å². The summed E-state index contributed by atoms with van der Waals surface area (Å²) in [7, 11) is 3.92. The quantitative estimate of drug-likeness (QED) is 0.522. The number of pyridine rings is 1. The minimum atomic E-state index is -0.138. The van der Waals surface area contributed by atoms with E-state index in [1.54, 1.807) is 18.2 Å². The molecule has 6 heteroatoms. The van der Waals surface area contributed by atoms with E-state index in [9.17, 15) is 10.0 Å². The van der Waals surface area contributed by atoms with Gasteiger partial charge in [0.2, 0.25) is 5.91 Å².